The minimum atomic E-state index is 0.0698. The van der Waals surface area contributed by atoms with Crippen LogP contribution in [0.15, 0.2) is 6.33 Å². The molecule has 0 spiro atoms. The zero-order valence-electron chi connectivity index (χ0n) is 9.99. The van der Waals surface area contributed by atoms with Crippen molar-refractivity contribution in [3.05, 3.63) is 6.33 Å². The molecule has 2 rings (SSSR count). The lowest BCUT2D eigenvalue weighted by molar-refractivity contribution is -0.133. The molecule has 0 aromatic carbocycles. The Balaban J connectivity index is 1.82. The van der Waals surface area contributed by atoms with Crippen molar-refractivity contribution in [2.75, 3.05) is 13.1 Å². The van der Waals surface area contributed by atoms with Crippen molar-refractivity contribution in [3.63, 3.8) is 0 Å². The molecule has 2 N–H and O–H groups in total. The molecule has 1 amide bonds. The van der Waals surface area contributed by atoms with E-state index in [0.29, 0.717) is 5.92 Å². The summed E-state index contributed by atoms with van der Waals surface area (Å²) >= 11 is 0. The molecular weight excluding hydrogens is 220 g/mol. The Bertz CT molecular complexity index is 355. The lowest BCUT2D eigenvalue weighted by Crippen LogP contribution is -2.43. The van der Waals surface area contributed by atoms with Crippen LogP contribution in [0.4, 0.5) is 0 Å². The van der Waals surface area contributed by atoms with Gasteiger partial charge in [-0.15, -0.1) is 5.10 Å². The van der Waals surface area contributed by atoms with E-state index in [1.54, 1.807) is 0 Å². The third kappa shape index (κ3) is 3.00. The second-order valence-electron chi connectivity index (χ2n) is 4.58. The molecule has 94 valence electrons. The topological polar surface area (TPSA) is 89.9 Å². The molecule has 17 heavy (non-hydrogen) atoms. The number of likely N-dealkylation sites (tertiary alicyclic amines) is 1. The average Bonchev–Trinajstić information content (AvgIpc) is 2.82. The predicted octanol–water partition coefficient (Wildman–Crippen LogP) is -0.741. The van der Waals surface area contributed by atoms with E-state index in [-0.39, 0.29) is 18.5 Å². The van der Waals surface area contributed by atoms with Crippen molar-refractivity contribution in [1.82, 2.24) is 25.1 Å². The molecule has 0 aliphatic carbocycles. The van der Waals surface area contributed by atoms with Crippen LogP contribution in [0.3, 0.4) is 0 Å². The highest BCUT2D eigenvalue weighted by Crippen LogP contribution is 2.19. The average molecular weight is 238 g/mol. The van der Waals surface area contributed by atoms with Gasteiger partial charge in [0, 0.05) is 19.1 Å². The molecule has 7 nitrogen and oxygen atoms in total. The molecule has 1 saturated heterocycles. The van der Waals surface area contributed by atoms with Gasteiger partial charge in [-0.05, 0) is 36.1 Å². The van der Waals surface area contributed by atoms with Gasteiger partial charge in [-0.2, -0.15) is 0 Å². The van der Waals surface area contributed by atoms with E-state index in [1.165, 1.54) is 11.0 Å². The summed E-state index contributed by atoms with van der Waals surface area (Å²) in [7, 11) is 0. The minimum Gasteiger partial charge on any atom is -0.341 e. The smallest absolute Gasteiger partial charge is 0.244 e. The second-order valence-corrected chi connectivity index (χ2v) is 4.58. The van der Waals surface area contributed by atoms with E-state index in [2.05, 4.69) is 15.5 Å². The van der Waals surface area contributed by atoms with Crippen LogP contribution in [0.2, 0.25) is 0 Å². The van der Waals surface area contributed by atoms with Crippen molar-refractivity contribution < 1.29 is 4.79 Å². The molecule has 1 aliphatic rings. The van der Waals surface area contributed by atoms with Crippen LogP contribution in [-0.2, 0) is 11.3 Å². The third-order valence-corrected chi connectivity index (χ3v) is 3.32. The summed E-state index contributed by atoms with van der Waals surface area (Å²) in [6, 6.07) is 0.215. The first-order valence-corrected chi connectivity index (χ1v) is 5.91. The van der Waals surface area contributed by atoms with Crippen LogP contribution < -0.4 is 5.73 Å². The zero-order chi connectivity index (χ0) is 12.3. The number of tetrazole rings is 1. The van der Waals surface area contributed by atoms with E-state index in [9.17, 15) is 4.79 Å². The Morgan fingerprint density at radius 2 is 2.24 bits per heavy atom. The van der Waals surface area contributed by atoms with E-state index in [1.807, 2.05) is 11.8 Å². The number of aromatic nitrogens is 4. The van der Waals surface area contributed by atoms with E-state index in [4.69, 9.17) is 5.73 Å². The van der Waals surface area contributed by atoms with Gasteiger partial charge in [0.05, 0.1) is 0 Å². The van der Waals surface area contributed by atoms with E-state index < -0.39 is 0 Å². The van der Waals surface area contributed by atoms with Gasteiger partial charge in [0.25, 0.3) is 0 Å². The van der Waals surface area contributed by atoms with Crippen molar-refractivity contribution >= 4 is 5.91 Å². The lowest BCUT2D eigenvalue weighted by atomic mass is 9.91. The van der Waals surface area contributed by atoms with Crippen LogP contribution in [0.25, 0.3) is 0 Å². The number of piperidine rings is 1. The van der Waals surface area contributed by atoms with Crippen molar-refractivity contribution in [3.8, 4) is 0 Å². The normalized spacial score (nSPS) is 19.3. The molecule has 0 bridgehead atoms. The third-order valence-electron chi connectivity index (χ3n) is 3.32. The summed E-state index contributed by atoms with van der Waals surface area (Å²) in [6.07, 6.45) is 3.42. The van der Waals surface area contributed by atoms with Gasteiger partial charge < -0.3 is 10.6 Å². The fourth-order valence-corrected chi connectivity index (χ4v) is 2.17. The molecule has 1 fully saturated rings. The van der Waals surface area contributed by atoms with Crippen LogP contribution in [0.5, 0.6) is 0 Å². The largest absolute Gasteiger partial charge is 0.341 e. The SMILES string of the molecule is CC(N)C1CCN(C(=O)Cn2cnnn2)CC1. The molecule has 1 aliphatic heterocycles. The molecule has 0 saturated carbocycles. The summed E-state index contributed by atoms with van der Waals surface area (Å²) in [5, 5.41) is 10.7. The fourth-order valence-electron chi connectivity index (χ4n) is 2.17. The van der Waals surface area contributed by atoms with Crippen molar-refractivity contribution in [2.24, 2.45) is 11.7 Å². The molecular formula is C10H18N6O. The molecule has 1 unspecified atom stereocenters. The van der Waals surface area contributed by atoms with Gasteiger partial charge in [0.2, 0.25) is 5.91 Å². The molecule has 1 atom stereocenters. The number of hydrogen-bond donors (Lipinski definition) is 1. The van der Waals surface area contributed by atoms with Gasteiger partial charge >= 0.3 is 0 Å². The summed E-state index contributed by atoms with van der Waals surface area (Å²) in [4.78, 5) is 13.8. The second kappa shape index (κ2) is 5.22. The standard InChI is InChI=1S/C10H18N6O/c1-8(11)9-2-4-15(5-3-9)10(17)6-16-7-12-13-14-16/h7-9H,2-6,11H2,1H3. The quantitative estimate of drug-likeness (QED) is 0.749. The summed E-state index contributed by atoms with van der Waals surface area (Å²) in [5.74, 6) is 0.604. The van der Waals surface area contributed by atoms with Crippen LogP contribution >= 0.6 is 0 Å². The Morgan fingerprint density at radius 3 is 2.76 bits per heavy atom. The number of hydrogen-bond acceptors (Lipinski definition) is 5. The van der Waals surface area contributed by atoms with Gasteiger partial charge in [-0.3, -0.25) is 4.79 Å². The number of nitrogens with zero attached hydrogens (tertiary/aromatic N) is 5. The first-order valence-electron chi connectivity index (χ1n) is 5.91. The van der Waals surface area contributed by atoms with Crippen LogP contribution in [0, 0.1) is 5.92 Å². The molecule has 1 aromatic rings. The van der Waals surface area contributed by atoms with Crippen LogP contribution in [-0.4, -0.2) is 50.1 Å². The fraction of sp³-hybridized carbons (Fsp3) is 0.800. The Morgan fingerprint density at radius 1 is 1.53 bits per heavy atom. The van der Waals surface area contributed by atoms with E-state index in [0.717, 1.165) is 25.9 Å². The maximum atomic E-state index is 11.9. The number of amides is 1. The van der Waals surface area contributed by atoms with Gasteiger partial charge in [0.15, 0.2) is 0 Å². The zero-order valence-corrected chi connectivity index (χ0v) is 9.99. The highest BCUT2D eigenvalue weighted by molar-refractivity contribution is 5.75. The Kier molecular flexibility index (Phi) is 3.68. The monoisotopic (exact) mass is 238 g/mol. The highest BCUT2D eigenvalue weighted by atomic mass is 16.2. The van der Waals surface area contributed by atoms with Gasteiger partial charge in [0.1, 0.15) is 12.9 Å². The van der Waals surface area contributed by atoms with Crippen LogP contribution in [0.1, 0.15) is 19.8 Å². The van der Waals surface area contributed by atoms with Gasteiger partial charge in [-0.25, -0.2) is 4.68 Å². The summed E-state index contributed by atoms with van der Waals surface area (Å²) < 4.78 is 1.44. The van der Waals surface area contributed by atoms with Gasteiger partial charge in [-0.1, -0.05) is 0 Å². The predicted molar refractivity (Wildman–Crippen MR) is 60.8 cm³/mol. The molecule has 2 heterocycles. The molecule has 0 radical (unpaired) electrons. The molecule has 1 aromatic heterocycles. The number of rotatable bonds is 3. The lowest BCUT2D eigenvalue weighted by Gasteiger charge is -2.33. The summed E-state index contributed by atoms with van der Waals surface area (Å²) in [6.45, 7) is 3.82. The number of nitrogens with two attached hydrogens (primary N) is 1. The minimum absolute atomic E-state index is 0.0698. The first-order chi connectivity index (χ1) is 8.16. The maximum absolute atomic E-state index is 11.9. The van der Waals surface area contributed by atoms with Crippen molar-refractivity contribution in [2.45, 2.75) is 32.4 Å². The molecule has 7 heteroatoms. The number of carbonyl (C=O) groups is 1. The van der Waals surface area contributed by atoms with Crippen molar-refractivity contribution in [1.29, 1.82) is 0 Å². The summed E-state index contributed by atoms with van der Waals surface area (Å²) in [5.41, 5.74) is 5.86. The van der Waals surface area contributed by atoms with E-state index >= 15 is 0 Å². The Labute approximate surface area is 100.0 Å². The first kappa shape index (κ1) is 12.0. The highest BCUT2D eigenvalue weighted by Gasteiger charge is 2.24. The number of carbonyl (C=O) groups excluding carboxylic acids is 1. The Hall–Kier alpha value is -1.50. The maximum Gasteiger partial charge on any atom is 0.244 e.